The molecule has 3 nitrogen and oxygen atoms in total. The quantitative estimate of drug-likeness (QED) is 0.788. The number of carbonyl (C=O) groups excluding carboxylic acids is 1. The molecule has 1 rings (SSSR count). The molecule has 0 aliphatic carbocycles. The summed E-state index contributed by atoms with van der Waals surface area (Å²) in [7, 11) is 0. The molecule has 0 atom stereocenters. The predicted molar refractivity (Wildman–Crippen MR) is 72.1 cm³/mol. The van der Waals surface area contributed by atoms with E-state index in [2.05, 4.69) is 19.2 Å². The van der Waals surface area contributed by atoms with Gasteiger partial charge in [0.25, 0.3) is 0 Å². The molecule has 1 saturated heterocycles. The second kappa shape index (κ2) is 5.28. The minimum Gasteiger partial charge on any atom is -0.333 e. The van der Waals surface area contributed by atoms with Crippen molar-refractivity contribution in [2.75, 3.05) is 13.1 Å². The first kappa shape index (κ1) is 14.3. The molecule has 1 aliphatic rings. The zero-order valence-corrected chi connectivity index (χ0v) is 12.1. The fraction of sp³-hybridized carbons (Fsp3) is 0.929. The van der Waals surface area contributed by atoms with Gasteiger partial charge in [0.05, 0.1) is 0 Å². The Balaban J connectivity index is 2.49. The average molecular weight is 240 g/mol. The van der Waals surface area contributed by atoms with E-state index in [9.17, 15) is 4.79 Å². The van der Waals surface area contributed by atoms with E-state index in [1.807, 2.05) is 25.7 Å². The van der Waals surface area contributed by atoms with Crippen LogP contribution < -0.4 is 5.32 Å². The molecule has 0 saturated carbocycles. The van der Waals surface area contributed by atoms with Crippen LogP contribution in [0, 0.1) is 5.41 Å². The Hall–Kier alpha value is -0.730. The normalized spacial score (nSPS) is 20.2. The first-order valence-electron chi connectivity index (χ1n) is 6.89. The van der Waals surface area contributed by atoms with E-state index in [1.165, 1.54) is 12.8 Å². The first-order valence-corrected chi connectivity index (χ1v) is 6.89. The predicted octanol–water partition coefficient (Wildman–Crippen LogP) is 3.40. The molecule has 0 unspecified atom stereocenters. The number of carbonyl (C=O) groups is 1. The molecule has 1 fully saturated rings. The van der Waals surface area contributed by atoms with Gasteiger partial charge in [-0.2, -0.15) is 0 Å². The Morgan fingerprint density at radius 2 is 1.65 bits per heavy atom. The smallest absolute Gasteiger partial charge is 0.317 e. The molecule has 100 valence electrons. The van der Waals surface area contributed by atoms with Gasteiger partial charge in [0.1, 0.15) is 0 Å². The Morgan fingerprint density at radius 1 is 1.18 bits per heavy atom. The van der Waals surface area contributed by atoms with Gasteiger partial charge in [0.2, 0.25) is 0 Å². The molecule has 0 spiro atoms. The minimum absolute atomic E-state index is 0.0957. The van der Waals surface area contributed by atoms with Crippen molar-refractivity contribution >= 4 is 6.03 Å². The molecule has 0 aromatic rings. The summed E-state index contributed by atoms with van der Waals surface area (Å²) in [6.07, 6.45) is 4.77. The van der Waals surface area contributed by atoms with Crippen LogP contribution in [-0.4, -0.2) is 29.6 Å². The van der Waals surface area contributed by atoms with E-state index in [4.69, 9.17) is 0 Å². The van der Waals surface area contributed by atoms with Crippen LogP contribution >= 0.6 is 0 Å². The maximum atomic E-state index is 12.0. The van der Waals surface area contributed by atoms with E-state index < -0.39 is 0 Å². The van der Waals surface area contributed by atoms with Crippen LogP contribution in [0.25, 0.3) is 0 Å². The van der Waals surface area contributed by atoms with Crippen LogP contribution in [-0.2, 0) is 0 Å². The topological polar surface area (TPSA) is 32.3 Å². The molecule has 0 aromatic heterocycles. The number of piperidine rings is 1. The summed E-state index contributed by atoms with van der Waals surface area (Å²) in [6.45, 7) is 12.4. The fourth-order valence-electron chi connectivity index (χ4n) is 2.54. The van der Waals surface area contributed by atoms with Crippen LogP contribution in [0.15, 0.2) is 0 Å². The second-order valence-electron chi connectivity index (χ2n) is 6.37. The summed E-state index contributed by atoms with van der Waals surface area (Å²) in [5.74, 6) is 0. The van der Waals surface area contributed by atoms with Gasteiger partial charge in [-0.05, 0) is 39.0 Å². The standard InChI is InChI=1S/C14H28N2O/c1-6-14(7-2)8-10-16(11-9-14)12(17)15-13(3,4)5/h6-11H2,1-5H3,(H,15,17). The van der Waals surface area contributed by atoms with Gasteiger partial charge in [-0.25, -0.2) is 4.79 Å². The zero-order chi connectivity index (χ0) is 13.1. The lowest BCUT2D eigenvalue weighted by molar-refractivity contribution is 0.106. The Kier molecular flexibility index (Phi) is 4.45. The molecule has 0 bridgehead atoms. The van der Waals surface area contributed by atoms with E-state index in [1.54, 1.807) is 0 Å². The number of hydrogen-bond acceptors (Lipinski definition) is 1. The minimum atomic E-state index is -0.138. The van der Waals surface area contributed by atoms with Crippen molar-refractivity contribution in [1.82, 2.24) is 10.2 Å². The molecular formula is C14H28N2O. The monoisotopic (exact) mass is 240 g/mol. The number of rotatable bonds is 2. The summed E-state index contributed by atoms with van der Waals surface area (Å²) >= 11 is 0. The van der Waals surface area contributed by atoms with Crippen LogP contribution in [0.5, 0.6) is 0 Å². The maximum Gasteiger partial charge on any atom is 0.317 e. The number of urea groups is 1. The van der Waals surface area contributed by atoms with Crippen molar-refractivity contribution in [3.63, 3.8) is 0 Å². The molecule has 1 heterocycles. The summed E-state index contributed by atoms with van der Waals surface area (Å²) in [5, 5.41) is 3.04. The van der Waals surface area contributed by atoms with Gasteiger partial charge in [0.15, 0.2) is 0 Å². The van der Waals surface area contributed by atoms with Gasteiger partial charge in [-0.15, -0.1) is 0 Å². The van der Waals surface area contributed by atoms with Crippen molar-refractivity contribution in [2.24, 2.45) is 5.41 Å². The van der Waals surface area contributed by atoms with E-state index in [0.29, 0.717) is 5.41 Å². The lowest BCUT2D eigenvalue weighted by Gasteiger charge is -2.41. The summed E-state index contributed by atoms with van der Waals surface area (Å²) < 4.78 is 0. The largest absolute Gasteiger partial charge is 0.333 e. The Morgan fingerprint density at radius 3 is 2.00 bits per heavy atom. The SMILES string of the molecule is CCC1(CC)CCN(C(=O)NC(C)(C)C)CC1. The highest BCUT2D eigenvalue weighted by Crippen LogP contribution is 2.37. The number of hydrogen-bond donors (Lipinski definition) is 1. The first-order chi connectivity index (χ1) is 7.82. The average Bonchev–Trinajstić information content (AvgIpc) is 2.27. The zero-order valence-electron chi connectivity index (χ0n) is 12.1. The molecule has 1 N–H and O–H groups in total. The lowest BCUT2D eigenvalue weighted by atomic mass is 9.74. The Labute approximate surface area is 106 Å². The van der Waals surface area contributed by atoms with E-state index in [0.717, 1.165) is 25.9 Å². The third-order valence-electron chi connectivity index (χ3n) is 4.09. The Bertz CT molecular complexity index is 254. The summed E-state index contributed by atoms with van der Waals surface area (Å²) in [5.41, 5.74) is 0.347. The van der Waals surface area contributed by atoms with E-state index >= 15 is 0 Å². The van der Waals surface area contributed by atoms with Gasteiger partial charge in [0, 0.05) is 18.6 Å². The number of nitrogens with one attached hydrogen (secondary N) is 1. The molecule has 17 heavy (non-hydrogen) atoms. The van der Waals surface area contributed by atoms with Crippen molar-refractivity contribution in [2.45, 2.75) is 65.8 Å². The highest BCUT2D eigenvalue weighted by atomic mass is 16.2. The van der Waals surface area contributed by atoms with Gasteiger partial charge >= 0.3 is 6.03 Å². The van der Waals surface area contributed by atoms with Crippen molar-refractivity contribution in [1.29, 1.82) is 0 Å². The molecule has 0 radical (unpaired) electrons. The van der Waals surface area contributed by atoms with Crippen molar-refractivity contribution < 1.29 is 4.79 Å². The molecule has 1 aliphatic heterocycles. The van der Waals surface area contributed by atoms with Gasteiger partial charge < -0.3 is 10.2 Å². The highest BCUT2D eigenvalue weighted by Gasteiger charge is 2.33. The van der Waals surface area contributed by atoms with Crippen LogP contribution in [0.2, 0.25) is 0 Å². The van der Waals surface area contributed by atoms with Crippen LogP contribution in [0.4, 0.5) is 4.79 Å². The number of likely N-dealkylation sites (tertiary alicyclic amines) is 1. The molecule has 2 amide bonds. The van der Waals surface area contributed by atoms with Crippen LogP contribution in [0.3, 0.4) is 0 Å². The highest BCUT2D eigenvalue weighted by molar-refractivity contribution is 5.75. The van der Waals surface area contributed by atoms with Gasteiger partial charge in [-0.3, -0.25) is 0 Å². The van der Waals surface area contributed by atoms with Gasteiger partial charge in [-0.1, -0.05) is 26.7 Å². The third-order valence-corrected chi connectivity index (χ3v) is 4.09. The fourth-order valence-corrected chi connectivity index (χ4v) is 2.54. The molecule has 3 heteroatoms. The van der Waals surface area contributed by atoms with E-state index in [-0.39, 0.29) is 11.6 Å². The summed E-state index contributed by atoms with van der Waals surface area (Å²) in [4.78, 5) is 14.0. The van der Waals surface area contributed by atoms with Crippen LogP contribution in [0.1, 0.15) is 60.3 Å². The third kappa shape index (κ3) is 3.90. The van der Waals surface area contributed by atoms with Crippen molar-refractivity contribution in [3.8, 4) is 0 Å². The van der Waals surface area contributed by atoms with Crippen molar-refractivity contribution in [3.05, 3.63) is 0 Å². The number of nitrogens with zero attached hydrogens (tertiary/aromatic N) is 1. The molecule has 0 aromatic carbocycles. The number of amides is 2. The molecular weight excluding hydrogens is 212 g/mol. The summed E-state index contributed by atoms with van der Waals surface area (Å²) in [6, 6.07) is 0.0957. The second-order valence-corrected chi connectivity index (χ2v) is 6.37. The lowest BCUT2D eigenvalue weighted by Crippen LogP contribution is -2.52. The maximum absolute atomic E-state index is 12.0.